The molecule has 8 aromatic rings. The van der Waals surface area contributed by atoms with E-state index in [2.05, 4.69) is 198 Å². The molecule has 0 saturated heterocycles. The molecule has 7 aromatic carbocycles. The quantitative estimate of drug-likeness (QED) is 0.170. The highest BCUT2D eigenvalue weighted by molar-refractivity contribution is 6.11. The average molecular weight is 663 g/mol. The summed E-state index contributed by atoms with van der Waals surface area (Å²) in [5.41, 5.74) is 8.15. The van der Waals surface area contributed by atoms with E-state index in [0.717, 1.165) is 23.4 Å². The van der Waals surface area contributed by atoms with E-state index < -0.39 is 0 Å². The van der Waals surface area contributed by atoms with E-state index >= 15 is 0 Å². The predicted molar refractivity (Wildman–Crippen MR) is 219 cm³/mol. The normalized spacial score (nSPS) is 18.4. The number of rotatable bonds is 4. The number of hydrogen-bond donors (Lipinski definition) is 0. The van der Waals surface area contributed by atoms with E-state index in [1.165, 1.54) is 65.0 Å². The topological polar surface area (TPSA) is 8.17 Å². The SMILES string of the molecule is c1c(-n2c3ccccc3c3ccc(N(c4ccccc4)C4C=c5c(c6ccccc6c6ccccc56)=CC4)cc32)cc2c(c#1)C=CC1C=CC=CC21. The summed E-state index contributed by atoms with van der Waals surface area (Å²) >= 11 is 0. The number of aromatic nitrogens is 1. The Labute approximate surface area is 302 Å². The molecule has 0 amide bonds. The summed E-state index contributed by atoms with van der Waals surface area (Å²) in [4.78, 5) is 2.53. The lowest BCUT2D eigenvalue weighted by Crippen LogP contribution is -2.38. The summed E-state index contributed by atoms with van der Waals surface area (Å²) in [5, 5.41) is 10.4. The minimum atomic E-state index is 0.119. The molecule has 1 heterocycles. The lowest BCUT2D eigenvalue weighted by molar-refractivity contribution is 0.692. The molecule has 0 radical (unpaired) electrons. The number of benzene rings is 6. The van der Waals surface area contributed by atoms with Gasteiger partial charge in [-0.2, -0.15) is 0 Å². The summed E-state index contributed by atoms with van der Waals surface area (Å²) < 4.78 is 2.40. The van der Waals surface area contributed by atoms with Crippen molar-refractivity contribution in [2.24, 2.45) is 5.92 Å². The zero-order valence-electron chi connectivity index (χ0n) is 28.6. The first-order valence-electron chi connectivity index (χ1n) is 18.3. The van der Waals surface area contributed by atoms with Gasteiger partial charge in [0, 0.05) is 39.5 Å². The Bertz CT molecular complexity index is 2960. The molecule has 0 spiro atoms. The van der Waals surface area contributed by atoms with E-state index in [4.69, 9.17) is 0 Å². The second-order valence-corrected chi connectivity index (χ2v) is 14.2. The lowest BCUT2D eigenvalue weighted by atomic mass is 9.77. The standard InChI is InChI=1S/C50H34N2/c1-2-13-35(14-3-1)51(36-26-28-44-42-18-7-6-16-40(42)41-17-8-9-19-43(41)48(44)31-36)38-27-29-46-45-20-10-11-21-49(45)52(50(46)32-38)37-25-24-34-23-22-33-12-4-5-15-39(33)47(34)30-37/h1-23,27-33,36,39H,26H2. The first-order chi connectivity index (χ1) is 25.8. The highest BCUT2D eigenvalue weighted by atomic mass is 15.2. The van der Waals surface area contributed by atoms with Crippen LogP contribution in [0.25, 0.3) is 67.3 Å². The van der Waals surface area contributed by atoms with Crippen molar-refractivity contribution >= 4 is 73.0 Å². The van der Waals surface area contributed by atoms with Gasteiger partial charge in [0.25, 0.3) is 0 Å². The first-order valence-corrected chi connectivity index (χ1v) is 18.3. The summed E-state index contributed by atoms with van der Waals surface area (Å²) in [6.45, 7) is 0. The monoisotopic (exact) mass is 662 g/mol. The van der Waals surface area contributed by atoms with Crippen LogP contribution in [0.2, 0.25) is 0 Å². The van der Waals surface area contributed by atoms with Crippen molar-refractivity contribution in [1.29, 1.82) is 0 Å². The zero-order chi connectivity index (χ0) is 34.2. The molecule has 11 rings (SSSR count). The molecule has 0 bridgehead atoms. The molecule has 3 aliphatic rings. The molecule has 3 aliphatic carbocycles. The van der Waals surface area contributed by atoms with Crippen molar-refractivity contribution in [2.75, 3.05) is 4.90 Å². The lowest BCUT2D eigenvalue weighted by Gasteiger charge is -2.33. The fourth-order valence-electron chi connectivity index (χ4n) is 9.09. The third-order valence-electron chi connectivity index (χ3n) is 11.4. The molecule has 3 unspecified atom stereocenters. The summed E-state index contributed by atoms with van der Waals surface area (Å²) in [6.07, 6.45) is 19.4. The van der Waals surface area contributed by atoms with Gasteiger partial charge in [0.05, 0.1) is 22.8 Å². The Balaban J connectivity index is 1.13. The van der Waals surface area contributed by atoms with Gasteiger partial charge in [0.15, 0.2) is 0 Å². The fraction of sp³-hybridized carbons (Fsp3) is 0.0800. The van der Waals surface area contributed by atoms with Crippen LogP contribution >= 0.6 is 0 Å². The second-order valence-electron chi connectivity index (χ2n) is 14.2. The number of para-hydroxylation sites is 2. The van der Waals surface area contributed by atoms with Gasteiger partial charge in [0.2, 0.25) is 0 Å². The molecule has 2 heteroatoms. The first kappa shape index (κ1) is 29.2. The average Bonchev–Trinajstić information content (AvgIpc) is 3.55. The highest BCUT2D eigenvalue weighted by Gasteiger charge is 2.26. The van der Waals surface area contributed by atoms with Crippen LogP contribution < -0.4 is 15.3 Å². The summed E-state index contributed by atoms with van der Waals surface area (Å²) in [7, 11) is 0. The minimum Gasteiger partial charge on any atom is -0.334 e. The molecule has 0 fully saturated rings. The number of nitrogens with zero attached hydrogens (tertiary/aromatic N) is 2. The van der Waals surface area contributed by atoms with Gasteiger partial charge in [0.1, 0.15) is 0 Å². The minimum absolute atomic E-state index is 0.119. The van der Waals surface area contributed by atoms with Crippen molar-refractivity contribution < 1.29 is 0 Å². The smallest absolute Gasteiger partial charge is 0.0977 e. The number of allylic oxidation sites excluding steroid dienone is 5. The van der Waals surface area contributed by atoms with Crippen LogP contribution in [-0.4, -0.2) is 10.6 Å². The van der Waals surface area contributed by atoms with E-state index in [9.17, 15) is 0 Å². The second kappa shape index (κ2) is 11.5. The third kappa shape index (κ3) is 4.39. The van der Waals surface area contributed by atoms with Crippen molar-refractivity contribution in [3.8, 4) is 5.69 Å². The number of anilines is 2. The molecule has 2 nitrogen and oxygen atoms in total. The Kier molecular flexibility index (Phi) is 6.45. The van der Waals surface area contributed by atoms with Crippen molar-refractivity contribution in [3.63, 3.8) is 0 Å². The van der Waals surface area contributed by atoms with E-state index in [1.807, 2.05) is 0 Å². The third-order valence-corrected chi connectivity index (χ3v) is 11.4. The molecule has 0 aliphatic heterocycles. The summed E-state index contributed by atoms with van der Waals surface area (Å²) in [5.74, 6) is 0.676. The fourth-order valence-corrected chi connectivity index (χ4v) is 9.09. The van der Waals surface area contributed by atoms with Crippen molar-refractivity contribution in [1.82, 2.24) is 4.57 Å². The molecular formula is C50H34N2. The van der Waals surface area contributed by atoms with E-state index in [1.54, 1.807) is 0 Å². The van der Waals surface area contributed by atoms with Gasteiger partial charge in [-0.25, -0.2) is 0 Å². The Hall–Kier alpha value is -6.56. The van der Waals surface area contributed by atoms with Crippen LogP contribution in [0.1, 0.15) is 23.5 Å². The Morgan fingerprint density at radius 1 is 0.558 bits per heavy atom. The van der Waals surface area contributed by atoms with Crippen LogP contribution in [0.5, 0.6) is 0 Å². The van der Waals surface area contributed by atoms with Crippen molar-refractivity contribution in [3.05, 3.63) is 191 Å². The summed E-state index contributed by atoms with van der Waals surface area (Å²) in [6, 6.07) is 54.0. The largest absolute Gasteiger partial charge is 0.334 e. The van der Waals surface area contributed by atoms with Crippen molar-refractivity contribution in [2.45, 2.75) is 18.4 Å². The number of hydrogen-bond acceptors (Lipinski definition) is 1. The van der Waals surface area contributed by atoms with Gasteiger partial charge in [-0.1, -0.05) is 140 Å². The zero-order valence-corrected chi connectivity index (χ0v) is 28.6. The van der Waals surface area contributed by atoms with Crippen LogP contribution in [0, 0.1) is 18.1 Å². The predicted octanol–water partition coefficient (Wildman–Crippen LogP) is 10.7. The van der Waals surface area contributed by atoms with E-state index in [0.29, 0.717) is 11.8 Å². The molecule has 52 heavy (non-hydrogen) atoms. The Morgan fingerprint density at radius 2 is 1.25 bits per heavy atom. The van der Waals surface area contributed by atoms with Crippen LogP contribution in [0.4, 0.5) is 11.4 Å². The Morgan fingerprint density at radius 3 is 2.08 bits per heavy atom. The van der Waals surface area contributed by atoms with Gasteiger partial charge >= 0.3 is 0 Å². The van der Waals surface area contributed by atoms with Gasteiger partial charge in [-0.3, -0.25) is 0 Å². The van der Waals surface area contributed by atoms with Gasteiger partial charge in [-0.05, 0) is 92.5 Å². The van der Waals surface area contributed by atoms with Crippen LogP contribution in [0.15, 0.2) is 158 Å². The van der Waals surface area contributed by atoms with Crippen LogP contribution in [0.3, 0.4) is 0 Å². The molecule has 0 saturated carbocycles. The molecule has 0 N–H and O–H groups in total. The highest BCUT2D eigenvalue weighted by Crippen LogP contribution is 2.41. The van der Waals surface area contributed by atoms with Gasteiger partial charge in [-0.15, -0.1) is 0 Å². The molecule has 1 aromatic heterocycles. The maximum absolute atomic E-state index is 3.58. The maximum atomic E-state index is 3.58. The molecule has 244 valence electrons. The molecule has 3 atom stereocenters. The van der Waals surface area contributed by atoms with E-state index in [-0.39, 0.29) is 6.04 Å². The van der Waals surface area contributed by atoms with Crippen LogP contribution in [-0.2, 0) is 0 Å². The van der Waals surface area contributed by atoms with Gasteiger partial charge < -0.3 is 9.47 Å². The molecular weight excluding hydrogens is 629 g/mol. The maximum Gasteiger partial charge on any atom is 0.0977 e. The number of fused-ring (bicyclic) bond motifs is 12.